The molecule has 1 unspecified atom stereocenters. The summed E-state index contributed by atoms with van der Waals surface area (Å²) in [5, 5.41) is 8.95. The molecule has 4 nitrogen and oxygen atoms in total. The van der Waals surface area contributed by atoms with E-state index < -0.39 is 5.82 Å². The number of pyridine rings is 1. The standard InChI is InChI=1S/C6H7FN2O2S.ClH/c1-11-6-5(9(10)12)2-4(7)3-8-6;/h2-3,10,12H,1H3;1H. The van der Waals surface area contributed by atoms with Crippen molar-refractivity contribution in [1.29, 1.82) is 0 Å². The summed E-state index contributed by atoms with van der Waals surface area (Å²) in [5.41, 5.74) is 0.140. The summed E-state index contributed by atoms with van der Waals surface area (Å²) < 4.78 is 17.0. The first-order valence-electron chi connectivity index (χ1n) is 3.10. The van der Waals surface area contributed by atoms with Gasteiger partial charge in [0.05, 0.1) is 26.1 Å². The van der Waals surface area contributed by atoms with Crippen molar-refractivity contribution in [3.05, 3.63) is 18.1 Å². The molecule has 0 aliphatic carbocycles. The molecule has 1 aromatic rings. The molecule has 7 heteroatoms. The van der Waals surface area contributed by atoms with E-state index in [1.807, 2.05) is 0 Å². The minimum absolute atomic E-state index is 0. The fraction of sp³-hybridized carbons (Fsp3) is 0.167. The zero-order chi connectivity index (χ0) is 9.14. The van der Waals surface area contributed by atoms with Crippen LogP contribution in [0.25, 0.3) is 0 Å². The monoisotopic (exact) mass is 226 g/mol. The topological polar surface area (TPSA) is 46.8 Å². The van der Waals surface area contributed by atoms with Crippen molar-refractivity contribution in [2.24, 2.45) is 0 Å². The van der Waals surface area contributed by atoms with Gasteiger partial charge in [0.1, 0.15) is 5.82 Å². The van der Waals surface area contributed by atoms with Crippen LogP contribution in [0.5, 0.6) is 5.88 Å². The van der Waals surface area contributed by atoms with Gasteiger partial charge in [-0.25, -0.2) is 14.6 Å². The minimum Gasteiger partial charge on any atom is -1.00 e. The normalized spacial score (nSPS) is 11.7. The molecule has 1 heterocycles. The third kappa shape index (κ3) is 3.00. The summed E-state index contributed by atoms with van der Waals surface area (Å²) in [4.78, 5) is 3.59. The van der Waals surface area contributed by atoms with Crippen molar-refractivity contribution in [2.45, 2.75) is 0 Å². The first-order valence-corrected chi connectivity index (χ1v) is 3.54. The summed E-state index contributed by atoms with van der Waals surface area (Å²) in [6, 6.07) is 1.09. The quantitative estimate of drug-likeness (QED) is 0.372. The lowest BCUT2D eigenvalue weighted by atomic mass is 10.4. The van der Waals surface area contributed by atoms with E-state index in [0.29, 0.717) is 0 Å². The molecule has 0 aliphatic heterocycles. The van der Waals surface area contributed by atoms with Gasteiger partial charge < -0.3 is 17.1 Å². The maximum absolute atomic E-state index is 12.6. The Morgan fingerprint density at radius 1 is 1.69 bits per heavy atom. The highest BCUT2D eigenvalue weighted by Gasteiger charge is 2.15. The first-order chi connectivity index (χ1) is 5.65. The molecule has 2 N–H and O–H groups in total. The SMILES string of the molecule is COc1ncc(F)cc1[NH+](O)S.[Cl-]. The van der Waals surface area contributed by atoms with Gasteiger partial charge in [0.15, 0.2) is 0 Å². The number of thiol groups is 1. The summed E-state index contributed by atoms with van der Waals surface area (Å²) >= 11 is 3.64. The van der Waals surface area contributed by atoms with Gasteiger partial charge in [-0.05, 0) is 0 Å². The second-order valence-electron chi connectivity index (χ2n) is 2.03. The van der Waals surface area contributed by atoms with Crippen molar-refractivity contribution in [2.75, 3.05) is 7.11 Å². The molecule has 0 spiro atoms. The minimum atomic E-state index is -0.550. The van der Waals surface area contributed by atoms with Crippen molar-refractivity contribution >= 4 is 18.5 Å². The lowest BCUT2D eigenvalue weighted by molar-refractivity contribution is -0.909. The van der Waals surface area contributed by atoms with E-state index in [9.17, 15) is 4.39 Å². The van der Waals surface area contributed by atoms with Gasteiger partial charge in [-0.15, -0.1) is 0 Å². The second-order valence-corrected chi connectivity index (χ2v) is 2.46. The van der Waals surface area contributed by atoms with Crippen molar-refractivity contribution in [3.63, 3.8) is 0 Å². The number of hydrogen-bond acceptors (Lipinski definition) is 4. The van der Waals surface area contributed by atoms with Crippen LogP contribution in [0.1, 0.15) is 0 Å². The Balaban J connectivity index is 0.00000144. The Kier molecular flexibility index (Phi) is 5.01. The molecular weight excluding hydrogens is 219 g/mol. The number of halogens is 2. The van der Waals surface area contributed by atoms with Crippen LogP contribution in [-0.4, -0.2) is 17.3 Å². The van der Waals surface area contributed by atoms with Crippen LogP contribution >= 0.6 is 12.8 Å². The number of hydrogen-bond donors (Lipinski definition) is 3. The second kappa shape index (κ2) is 5.23. The first kappa shape index (κ1) is 12.4. The molecule has 0 fully saturated rings. The fourth-order valence-corrected chi connectivity index (χ4v) is 0.910. The lowest BCUT2D eigenvalue weighted by Gasteiger charge is -2.05. The molecule has 1 aromatic heterocycles. The summed E-state index contributed by atoms with van der Waals surface area (Å²) in [7, 11) is 1.38. The van der Waals surface area contributed by atoms with E-state index in [-0.39, 0.29) is 28.4 Å². The van der Waals surface area contributed by atoms with Gasteiger partial charge in [0.25, 0.3) is 5.88 Å². The summed E-state index contributed by atoms with van der Waals surface area (Å²) in [6.07, 6.45) is 0.999. The Morgan fingerprint density at radius 3 is 2.77 bits per heavy atom. The highest BCUT2D eigenvalue weighted by atomic mass is 35.5. The van der Waals surface area contributed by atoms with E-state index in [2.05, 4.69) is 17.8 Å². The van der Waals surface area contributed by atoms with E-state index >= 15 is 0 Å². The number of quaternary nitrogens is 1. The van der Waals surface area contributed by atoms with Crippen LogP contribution in [-0.2, 0) is 0 Å². The third-order valence-corrected chi connectivity index (χ3v) is 1.49. The molecule has 1 rings (SSSR count). The van der Waals surface area contributed by atoms with Gasteiger partial charge in [-0.2, -0.15) is 0 Å². The van der Waals surface area contributed by atoms with Crippen molar-refractivity contribution in [1.82, 2.24) is 4.98 Å². The zero-order valence-corrected chi connectivity index (χ0v) is 8.31. The summed E-state index contributed by atoms with van der Waals surface area (Å²) in [5.74, 6) is -0.407. The van der Waals surface area contributed by atoms with Gasteiger partial charge in [0.2, 0.25) is 5.69 Å². The molecule has 13 heavy (non-hydrogen) atoms. The van der Waals surface area contributed by atoms with Crippen LogP contribution < -0.4 is 21.6 Å². The number of nitrogens with one attached hydrogen (secondary N) is 1. The molecule has 0 radical (unpaired) electrons. The predicted molar refractivity (Wildman–Crippen MR) is 42.1 cm³/mol. The van der Waals surface area contributed by atoms with E-state index in [1.54, 1.807) is 0 Å². The molecule has 74 valence electrons. The maximum Gasteiger partial charge on any atom is 0.281 e. The molecule has 0 bridgehead atoms. The van der Waals surface area contributed by atoms with E-state index in [1.165, 1.54) is 7.11 Å². The fourth-order valence-electron chi connectivity index (χ4n) is 0.750. The van der Waals surface area contributed by atoms with Crippen LogP contribution in [0.2, 0.25) is 0 Å². The van der Waals surface area contributed by atoms with Crippen molar-refractivity contribution in [3.8, 4) is 5.88 Å². The number of aromatic nitrogens is 1. The Morgan fingerprint density at radius 2 is 2.31 bits per heavy atom. The molecule has 1 atom stereocenters. The van der Waals surface area contributed by atoms with E-state index in [4.69, 9.17) is 9.94 Å². The molecule has 0 aliphatic rings. The number of methoxy groups -OCH3 is 1. The smallest absolute Gasteiger partial charge is 0.281 e. The van der Waals surface area contributed by atoms with Crippen LogP contribution in [0, 0.1) is 5.82 Å². The Labute approximate surface area is 86.2 Å². The Bertz CT molecular complexity index is 287. The average molecular weight is 227 g/mol. The van der Waals surface area contributed by atoms with Gasteiger partial charge in [0, 0.05) is 6.07 Å². The third-order valence-electron chi connectivity index (χ3n) is 1.25. The molecule has 0 aromatic carbocycles. The van der Waals surface area contributed by atoms with E-state index in [0.717, 1.165) is 12.3 Å². The van der Waals surface area contributed by atoms with Gasteiger partial charge >= 0.3 is 0 Å². The predicted octanol–water partition coefficient (Wildman–Crippen LogP) is -3.02. The zero-order valence-electron chi connectivity index (χ0n) is 6.66. The van der Waals surface area contributed by atoms with Gasteiger partial charge in [-0.1, -0.05) is 4.47 Å². The molecular formula is C6H8ClFN2O2S. The highest BCUT2D eigenvalue weighted by molar-refractivity contribution is 7.73. The number of ether oxygens (including phenoxy) is 1. The highest BCUT2D eigenvalue weighted by Crippen LogP contribution is 2.17. The lowest BCUT2D eigenvalue weighted by Crippen LogP contribution is -3.00. The number of rotatable bonds is 2. The summed E-state index contributed by atoms with van der Waals surface area (Å²) in [6.45, 7) is 0. The average Bonchev–Trinajstić information content (AvgIpc) is 2.04. The number of nitrogens with zero attached hydrogens (tertiary/aromatic N) is 1. The van der Waals surface area contributed by atoms with Crippen LogP contribution in [0.15, 0.2) is 12.3 Å². The Hall–Kier alpha value is -0.560. The van der Waals surface area contributed by atoms with Crippen molar-refractivity contribution < 1.29 is 31.2 Å². The molecule has 0 saturated carbocycles. The van der Waals surface area contributed by atoms with Gasteiger partial charge in [-0.3, -0.25) is 0 Å². The molecule has 0 saturated heterocycles. The van der Waals surface area contributed by atoms with Crippen LogP contribution in [0.4, 0.5) is 10.1 Å². The maximum atomic E-state index is 12.6. The van der Waals surface area contributed by atoms with Crippen LogP contribution in [0.3, 0.4) is 0 Å². The largest absolute Gasteiger partial charge is 1.00 e. The molecule has 0 amide bonds.